The van der Waals surface area contributed by atoms with E-state index >= 15 is 0 Å². The van der Waals surface area contributed by atoms with Crippen LogP contribution in [0.4, 0.5) is 5.69 Å². The third kappa shape index (κ3) is 3.08. The zero-order chi connectivity index (χ0) is 13.7. The molecule has 0 fully saturated rings. The summed E-state index contributed by atoms with van der Waals surface area (Å²) in [7, 11) is 1.68. The van der Waals surface area contributed by atoms with Crippen LogP contribution in [0.25, 0.3) is 11.1 Å². The van der Waals surface area contributed by atoms with Crippen LogP contribution >= 0.6 is 0 Å². The van der Waals surface area contributed by atoms with Gasteiger partial charge in [0.25, 0.3) is 0 Å². The van der Waals surface area contributed by atoms with E-state index in [2.05, 4.69) is 25.1 Å². The second-order valence-corrected chi connectivity index (χ2v) is 4.71. The van der Waals surface area contributed by atoms with Crippen molar-refractivity contribution in [2.45, 2.75) is 26.2 Å². The summed E-state index contributed by atoms with van der Waals surface area (Å²) >= 11 is 0. The molecule has 0 aliphatic carbocycles. The van der Waals surface area contributed by atoms with E-state index in [1.807, 2.05) is 24.3 Å². The molecule has 0 aromatic heterocycles. The molecule has 2 N–H and O–H groups in total. The lowest BCUT2D eigenvalue weighted by atomic mass is 9.97. The molecule has 0 aliphatic heterocycles. The minimum Gasteiger partial charge on any atom is -0.497 e. The average Bonchev–Trinajstić information content (AvgIpc) is 2.46. The topological polar surface area (TPSA) is 35.2 Å². The minimum absolute atomic E-state index is 0.865. The molecule has 2 heteroatoms. The van der Waals surface area contributed by atoms with Gasteiger partial charge in [-0.1, -0.05) is 43.7 Å². The highest BCUT2D eigenvalue weighted by molar-refractivity contribution is 5.78. The predicted octanol–water partition coefficient (Wildman–Crippen LogP) is 4.29. The highest BCUT2D eigenvalue weighted by Gasteiger charge is 2.06. The normalized spacial score (nSPS) is 10.4. The van der Waals surface area contributed by atoms with Gasteiger partial charge in [0.15, 0.2) is 0 Å². The number of para-hydroxylation sites is 1. The Kier molecular flexibility index (Phi) is 4.45. The lowest BCUT2D eigenvalue weighted by Gasteiger charge is -2.11. The number of nitrogens with two attached hydrogens (primary N) is 1. The first kappa shape index (κ1) is 13.5. The van der Waals surface area contributed by atoms with Crippen molar-refractivity contribution >= 4 is 5.69 Å². The van der Waals surface area contributed by atoms with Crippen molar-refractivity contribution in [2.24, 2.45) is 0 Å². The number of hydrogen-bond acceptors (Lipinski definition) is 2. The molecule has 0 radical (unpaired) electrons. The highest BCUT2D eigenvalue weighted by Crippen LogP contribution is 2.30. The van der Waals surface area contributed by atoms with Crippen LogP contribution in [0, 0.1) is 0 Å². The number of methoxy groups -OCH3 is 1. The summed E-state index contributed by atoms with van der Waals surface area (Å²) in [6, 6.07) is 14.3. The van der Waals surface area contributed by atoms with E-state index in [9.17, 15) is 0 Å². The number of unbranched alkanes of at least 4 members (excludes halogenated alkanes) is 1. The van der Waals surface area contributed by atoms with Gasteiger partial charge in [-0.3, -0.25) is 0 Å². The van der Waals surface area contributed by atoms with E-state index in [0.29, 0.717) is 0 Å². The Morgan fingerprint density at radius 2 is 1.79 bits per heavy atom. The SMILES string of the molecule is CCCCc1cccc(-c2ccc(OC)cc2)c1N. The summed E-state index contributed by atoms with van der Waals surface area (Å²) < 4.78 is 5.18. The standard InChI is InChI=1S/C17H21NO/c1-3-4-6-14-7-5-8-16(17(14)18)13-9-11-15(19-2)12-10-13/h5,7-12H,3-4,6,18H2,1-2H3. The molecule has 2 nitrogen and oxygen atoms in total. The number of nitrogen functional groups attached to an aromatic ring is 1. The molecule has 0 heterocycles. The van der Waals surface area contributed by atoms with Gasteiger partial charge >= 0.3 is 0 Å². The van der Waals surface area contributed by atoms with E-state index in [-0.39, 0.29) is 0 Å². The third-order valence-electron chi connectivity index (χ3n) is 3.40. The van der Waals surface area contributed by atoms with Gasteiger partial charge in [0.05, 0.1) is 7.11 Å². The fraction of sp³-hybridized carbons (Fsp3) is 0.294. The zero-order valence-corrected chi connectivity index (χ0v) is 11.6. The summed E-state index contributed by atoms with van der Waals surface area (Å²) in [5.74, 6) is 0.865. The lowest BCUT2D eigenvalue weighted by molar-refractivity contribution is 0.415. The molecule has 0 amide bonds. The molecular weight excluding hydrogens is 234 g/mol. The first-order valence-electron chi connectivity index (χ1n) is 6.78. The quantitative estimate of drug-likeness (QED) is 0.809. The second kappa shape index (κ2) is 6.28. The Morgan fingerprint density at radius 1 is 1.05 bits per heavy atom. The molecule has 0 unspecified atom stereocenters. The molecule has 0 bridgehead atoms. The molecule has 0 saturated heterocycles. The van der Waals surface area contributed by atoms with E-state index in [1.54, 1.807) is 7.11 Å². The fourth-order valence-electron chi connectivity index (χ4n) is 2.22. The van der Waals surface area contributed by atoms with Gasteiger partial charge in [0.2, 0.25) is 0 Å². The number of hydrogen-bond donors (Lipinski definition) is 1. The number of rotatable bonds is 5. The second-order valence-electron chi connectivity index (χ2n) is 4.71. The number of ether oxygens (including phenoxy) is 1. The van der Waals surface area contributed by atoms with E-state index in [0.717, 1.165) is 29.0 Å². The van der Waals surface area contributed by atoms with E-state index in [1.165, 1.54) is 18.4 Å². The van der Waals surface area contributed by atoms with Crippen molar-refractivity contribution in [3.8, 4) is 16.9 Å². The van der Waals surface area contributed by atoms with Crippen LogP contribution in [-0.2, 0) is 6.42 Å². The first-order valence-corrected chi connectivity index (χ1v) is 6.78. The molecular formula is C17H21NO. The maximum absolute atomic E-state index is 6.30. The maximum Gasteiger partial charge on any atom is 0.118 e. The molecule has 19 heavy (non-hydrogen) atoms. The van der Waals surface area contributed by atoms with Gasteiger partial charge in [0.1, 0.15) is 5.75 Å². The van der Waals surface area contributed by atoms with Crippen LogP contribution in [0.3, 0.4) is 0 Å². The Bertz CT molecular complexity index is 531. The molecule has 0 spiro atoms. The monoisotopic (exact) mass is 255 g/mol. The van der Waals surface area contributed by atoms with Gasteiger partial charge < -0.3 is 10.5 Å². The Balaban J connectivity index is 2.32. The molecule has 2 rings (SSSR count). The number of anilines is 1. The summed E-state index contributed by atoms with van der Waals surface area (Å²) in [5.41, 5.74) is 10.7. The zero-order valence-electron chi connectivity index (χ0n) is 11.6. The van der Waals surface area contributed by atoms with Crippen LogP contribution in [-0.4, -0.2) is 7.11 Å². The first-order chi connectivity index (χ1) is 9.26. The van der Waals surface area contributed by atoms with Crippen molar-refractivity contribution < 1.29 is 4.74 Å². The lowest BCUT2D eigenvalue weighted by Crippen LogP contribution is -1.97. The summed E-state index contributed by atoms with van der Waals surface area (Å²) in [5, 5.41) is 0. The largest absolute Gasteiger partial charge is 0.497 e. The van der Waals surface area contributed by atoms with Gasteiger partial charge in [-0.15, -0.1) is 0 Å². The summed E-state index contributed by atoms with van der Waals surface area (Å²) in [4.78, 5) is 0. The van der Waals surface area contributed by atoms with Gasteiger partial charge in [-0.2, -0.15) is 0 Å². The minimum atomic E-state index is 0.865. The van der Waals surface area contributed by atoms with Crippen LogP contribution in [0.2, 0.25) is 0 Å². The third-order valence-corrected chi connectivity index (χ3v) is 3.40. The number of aryl methyl sites for hydroxylation is 1. The number of benzene rings is 2. The Morgan fingerprint density at radius 3 is 2.42 bits per heavy atom. The molecule has 0 atom stereocenters. The van der Waals surface area contributed by atoms with Crippen molar-refractivity contribution in [3.05, 3.63) is 48.0 Å². The molecule has 100 valence electrons. The molecule has 2 aromatic rings. The van der Waals surface area contributed by atoms with E-state index < -0.39 is 0 Å². The average molecular weight is 255 g/mol. The van der Waals surface area contributed by atoms with Crippen LogP contribution in [0.5, 0.6) is 5.75 Å². The van der Waals surface area contributed by atoms with Gasteiger partial charge in [-0.05, 0) is 36.1 Å². The van der Waals surface area contributed by atoms with Gasteiger partial charge in [-0.25, -0.2) is 0 Å². The van der Waals surface area contributed by atoms with Crippen LogP contribution in [0.15, 0.2) is 42.5 Å². The fourth-order valence-corrected chi connectivity index (χ4v) is 2.22. The van der Waals surface area contributed by atoms with Crippen molar-refractivity contribution in [2.75, 3.05) is 12.8 Å². The van der Waals surface area contributed by atoms with Crippen LogP contribution in [0.1, 0.15) is 25.3 Å². The van der Waals surface area contributed by atoms with Crippen molar-refractivity contribution in [1.82, 2.24) is 0 Å². The van der Waals surface area contributed by atoms with E-state index in [4.69, 9.17) is 10.5 Å². The maximum atomic E-state index is 6.30. The Hall–Kier alpha value is -1.96. The van der Waals surface area contributed by atoms with Crippen molar-refractivity contribution in [1.29, 1.82) is 0 Å². The van der Waals surface area contributed by atoms with Crippen molar-refractivity contribution in [3.63, 3.8) is 0 Å². The molecule has 2 aromatic carbocycles. The Labute approximate surface area is 115 Å². The smallest absolute Gasteiger partial charge is 0.118 e. The van der Waals surface area contributed by atoms with Crippen LogP contribution < -0.4 is 10.5 Å². The summed E-state index contributed by atoms with van der Waals surface area (Å²) in [6.07, 6.45) is 3.41. The predicted molar refractivity (Wildman–Crippen MR) is 81.5 cm³/mol. The summed E-state index contributed by atoms with van der Waals surface area (Å²) in [6.45, 7) is 2.20. The molecule has 0 aliphatic rings. The molecule has 0 saturated carbocycles. The highest BCUT2D eigenvalue weighted by atomic mass is 16.5. The van der Waals surface area contributed by atoms with Gasteiger partial charge in [0, 0.05) is 11.3 Å².